The van der Waals surface area contributed by atoms with Crippen LogP contribution in [0, 0.1) is 12.8 Å². The van der Waals surface area contributed by atoms with Crippen LogP contribution in [0.15, 0.2) is 18.2 Å². The van der Waals surface area contributed by atoms with Gasteiger partial charge in [-0.25, -0.2) is 0 Å². The number of hydrogen-bond acceptors (Lipinski definition) is 2. The topological polar surface area (TPSA) is 41.1 Å². The molecular weight excluding hydrogens is 248 g/mol. The Morgan fingerprint density at radius 1 is 1.20 bits per heavy atom. The molecule has 0 fully saturated rings. The van der Waals surface area contributed by atoms with Gasteiger partial charge >= 0.3 is 0 Å². The highest BCUT2D eigenvalue weighted by atomic mass is 16.1. The summed E-state index contributed by atoms with van der Waals surface area (Å²) in [7, 11) is 0. The fourth-order valence-corrected chi connectivity index (χ4v) is 2.63. The molecule has 3 heteroatoms. The first-order valence-corrected chi connectivity index (χ1v) is 7.68. The molecule has 0 saturated heterocycles. The van der Waals surface area contributed by atoms with Crippen LogP contribution < -0.4 is 10.6 Å². The van der Waals surface area contributed by atoms with E-state index in [1.807, 2.05) is 25.1 Å². The minimum absolute atomic E-state index is 0.0324. The van der Waals surface area contributed by atoms with E-state index in [0.717, 1.165) is 36.2 Å². The number of carbonyl (C=O) groups is 1. The van der Waals surface area contributed by atoms with Crippen molar-refractivity contribution < 1.29 is 4.79 Å². The van der Waals surface area contributed by atoms with Gasteiger partial charge in [0.2, 0.25) is 0 Å². The average molecular weight is 276 g/mol. The minimum Gasteiger partial charge on any atom is -0.385 e. The second-order valence-corrected chi connectivity index (χ2v) is 5.40. The normalized spacial score (nSPS) is 12.3. The number of carbonyl (C=O) groups excluding carboxylic acids is 1. The summed E-state index contributed by atoms with van der Waals surface area (Å²) in [6, 6.07) is 6.11. The Morgan fingerprint density at radius 3 is 2.35 bits per heavy atom. The van der Waals surface area contributed by atoms with Gasteiger partial charge in [-0.3, -0.25) is 4.79 Å². The van der Waals surface area contributed by atoms with Gasteiger partial charge in [0.05, 0.1) is 0 Å². The first-order chi connectivity index (χ1) is 9.53. The molecule has 0 aliphatic rings. The number of hydrogen-bond donors (Lipinski definition) is 2. The molecule has 112 valence electrons. The van der Waals surface area contributed by atoms with Gasteiger partial charge in [0.15, 0.2) is 0 Å². The van der Waals surface area contributed by atoms with E-state index in [-0.39, 0.29) is 11.9 Å². The van der Waals surface area contributed by atoms with Crippen molar-refractivity contribution in [1.29, 1.82) is 0 Å². The molecule has 3 nitrogen and oxygen atoms in total. The van der Waals surface area contributed by atoms with E-state index in [0.29, 0.717) is 5.92 Å². The van der Waals surface area contributed by atoms with Crippen molar-refractivity contribution in [1.82, 2.24) is 5.32 Å². The second kappa shape index (κ2) is 7.93. The number of aryl methyl sites for hydroxylation is 1. The van der Waals surface area contributed by atoms with Crippen molar-refractivity contribution >= 4 is 11.6 Å². The van der Waals surface area contributed by atoms with Gasteiger partial charge in [-0.05, 0) is 50.5 Å². The zero-order valence-corrected chi connectivity index (χ0v) is 13.4. The lowest BCUT2D eigenvalue weighted by molar-refractivity contribution is 0.0924. The van der Waals surface area contributed by atoms with Crippen LogP contribution in [0.1, 0.15) is 56.5 Å². The largest absolute Gasteiger partial charge is 0.385 e. The molecule has 0 radical (unpaired) electrons. The molecule has 2 N–H and O–H groups in total. The molecule has 0 heterocycles. The van der Waals surface area contributed by atoms with E-state index in [1.54, 1.807) is 0 Å². The fraction of sp³-hybridized carbons (Fsp3) is 0.588. The standard InChI is InChI=1S/C17H28N2O/c1-6-14(7-2)13(5)19-17(20)16-10-9-15(18-8-3)11-12(16)4/h9-11,13-14,18H,6-8H2,1-5H3,(H,19,20). The molecule has 0 bridgehead atoms. The highest BCUT2D eigenvalue weighted by molar-refractivity contribution is 5.96. The third kappa shape index (κ3) is 4.26. The van der Waals surface area contributed by atoms with E-state index >= 15 is 0 Å². The lowest BCUT2D eigenvalue weighted by Gasteiger charge is -2.23. The van der Waals surface area contributed by atoms with Crippen molar-refractivity contribution in [3.63, 3.8) is 0 Å². The van der Waals surface area contributed by atoms with Gasteiger partial charge in [-0.2, -0.15) is 0 Å². The van der Waals surface area contributed by atoms with Gasteiger partial charge < -0.3 is 10.6 Å². The molecule has 1 atom stereocenters. The van der Waals surface area contributed by atoms with Crippen LogP contribution in [-0.4, -0.2) is 18.5 Å². The SMILES string of the molecule is CCNc1ccc(C(=O)NC(C)C(CC)CC)c(C)c1. The molecule has 0 aliphatic carbocycles. The molecular formula is C17H28N2O. The van der Waals surface area contributed by atoms with Gasteiger partial charge in [-0.15, -0.1) is 0 Å². The maximum Gasteiger partial charge on any atom is 0.251 e. The molecule has 1 amide bonds. The number of anilines is 1. The molecule has 0 aliphatic heterocycles. The van der Waals surface area contributed by atoms with Crippen LogP contribution in [0.4, 0.5) is 5.69 Å². The van der Waals surface area contributed by atoms with Crippen LogP contribution >= 0.6 is 0 Å². The van der Waals surface area contributed by atoms with E-state index in [4.69, 9.17) is 0 Å². The Balaban J connectivity index is 2.77. The van der Waals surface area contributed by atoms with E-state index < -0.39 is 0 Å². The number of amides is 1. The van der Waals surface area contributed by atoms with Crippen LogP contribution in [0.5, 0.6) is 0 Å². The van der Waals surface area contributed by atoms with E-state index in [9.17, 15) is 4.79 Å². The van der Waals surface area contributed by atoms with Gasteiger partial charge in [0.1, 0.15) is 0 Å². The van der Waals surface area contributed by atoms with Crippen LogP contribution in [0.2, 0.25) is 0 Å². The quantitative estimate of drug-likeness (QED) is 0.791. The summed E-state index contributed by atoms with van der Waals surface area (Å²) in [4.78, 5) is 12.3. The van der Waals surface area contributed by atoms with E-state index in [2.05, 4.69) is 38.3 Å². The zero-order valence-electron chi connectivity index (χ0n) is 13.4. The summed E-state index contributed by atoms with van der Waals surface area (Å²) < 4.78 is 0. The summed E-state index contributed by atoms with van der Waals surface area (Å²) >= 11 is 0. The van der Waals surface area contributed by atoms with E-state index in [1.165, 1.54) is 0 Å². The van der Waals surface area contributed by atoms with Crippen molar-refractivity contribution in [3.8, 4) is 0 Å². The summed E-state index contributed by atoms with van der Waals surface area (Å²) in [5, 5.41) is 6.39. The predicted octanol–water partition coefficient (Wildman–Crippen LogP) is 3.98. The van der Waals surface area contributed by atoms with Crippen LogP contribution in [-0.2, 0) is 0 Å². The third-order valence-electron chi connectivity index (χ3n) is 3.97. The lowest BCUT2D eigenvalue weighted by Crippen LogP contribution is -2.38. The van der Waals surface area contributed by atoms with Gasteiger partial charge in [0.25, 0.3) is 5.91 Å². The molecule has 0 spiro atoms. The monoisotopic (exact) mass is 276 g/mol. The first kappa shape index (κ1) is 16.5. The van der Waals surface area contributed by atoms with Gasteiger partial charge in [-0.1, -0.05) is 26.7 Å². The lowest BCUT2D eigenvalue weighted by atomic mass is 9.95. The predicted molar refractivity (Wildman–Crippen MR) is 86.3 cm³/mol. The molecule has 0 aromatic heterocycles. The van der Waals surface area contributed by atoms with Crippen molar-refractivity contribution in [3.05, 3.63) is 29.3 Å². The summed E-state index contributed by atoms with van der Waals surface area (Å²) in [6.45, 7) is 11.4. The fourth-order valence-electron chi connectivity index (χ4n) is 2.63. The zero-order chi connectivity index (χ0) is 15.1. The van der Waals surface area contributed by atoms with Crippen molar-refractivity contribution in [2.24, 2.45) is 5.92 Å². The molecule has 0 saturated carbocycles. The molecule has 20 heavy (non-hydrogen) atoms. The first-order valence-electron chi connectivity index (χ1n) is 7.68. The Labute approximate surface area is 123 Å². The summed E-state index contributed by atoms with van der Waals surface area (Å²) in [6.07, 6.45) is 2.19. The molecule has 1 aromatic rings. The smallest absolute Gasteiger partial charge is 0.251 e. The maximum absolute atomic E-state index is 12.3. The minimum atomic E-state index is 0.0324. The summed E-state index contributed by atoms with van der Waals surface area (Å²) in [5.41, 5.74) is 2.84. The Kier molecular flexibility index (Phi) is 6.56. The highest BCUT2D eigenvalue weighted by Crippen LogP contribution is 2.17. The number of nitrogens with one attached hydrogen (secondary N) is 2. The van der Waals surface area contributed by atoms with Crippen molar-refractivity contribution in [2.45, 2.75) is 53.5 Å². The second-order valence-electron chi connectivity index (χ2n) is 5.40. The van der Waals surface area contributed by atoms with Crippen molar-refractivity contribution in [2.75, 3.05) is 11.9 Å². The maximum atomic E-state index is 12.3. The molecule has 1 aromatic carbocycles. The Hall–Kier alpha value is -1.51. The van der Waals surface area contributed by atoms with Crippen LogP contribution in [0.3, 0.4) is 0 Å². The number of benzene rings is 1. The molecule has 1 unspecified atom stereocenters. The highest BCUT2D eigenvalue weighted by Gasteiger charge is 2.17. The third-order valence-corrected chi connectivity index (χ3v) is 3.97. The Morgan fingerprint density at radius 2 is 1.85 bits per heavy atom. The number of rotatable bonds is 7. The van der Waals surface area contributed by atoms with Crippen LogP contribution in [0.25, 0.3) is 0 Å². The Bertz CT molecular complexity index is 439. The van der Waals surface area contributed by atoms with Gasteiger partial charge in [0, 0.05) is 23.8 Å². The average Bonchev–Trinajstić information content (AvgIpc) is 2.40. The summed E-state index contributed by atoms with van der Waals surface area (Å²) in [5.74, 6) is 0.574. The molecule has 1 rings (SSSR count).